The Morgan fingerprint density at radius 3 is 2.81 bits per heavy atom. The first-order valence-electron chi connectivity index (χ1n) is 5.82. The van der Waals surface area contributed by atoms with Gasteiger partial charge in [-0.25, -0.2) is 0 Å². The Morgan fingerprint density at radius 2 is 2.31 bits per heavy atom. The minimum absolute atomic E-state index is 0.0299. The molecule has 0 N–H and O–H groups in total. The van der Waals surface area contributed by atoms with E-state index in [4.69, 9.17) is 10.00 Å². The third kappa shape index (κ3) is 2.73. The predicted molar refractivity (Wildman–Crippen MR) is 60.6 cm³/mol. The molecule has 0 aliphatic carbocycles. The van der Waals surface area contributed by atoms with Gasteiger partial charge in [-0.1, -0.05) is 13.8 Å². The van der Waals surface area contributed by atoms with Gasteiger partial charge in [0.05, 0.1) is 25.5 Å². The Bertz CT molecular complexity index is 285. The normalized spacial score (nSPS) is 27.4. The van der Waals surface area contributed by atoms with Gasteiger partial charge in [0.15, 0.2) is 0 Å². The number of hydrogen-bond donors (Lipinski definition) is 0. The van der Waals surface area contributed by atoms with Crippen LogP contribution in [-0.4, -0.2) is 37.1 Å². The topological polar surface area (TPSA) is 53.3 Å². The van der Waals surface area contributed by atoms with Crippen molar-refractivity contribution < 1.29 is 9.53 Å². The van der Waals surface area contributed by atoms with E-state index in [2.05, 4.69) is 24.8 Å². The maximum atomic E-state index is 11.5. The van der Waals surface area contributed by atoms with Crippen molar-refractivity contribution in [3.63, 3.8) is 0 Å². The number of nitrogens with zero attached hydrogens (tertiary/aromatic N) is 2. The molecule has 4 heteroatoms. The number of carbonyl (C=O) groups is 1. The minimum atomic E-state index is -0.123. The molecule has 3 unspecified atom stereocenters. The molecule has 0 radical (unpaired) electrons. The Balaban J connectivity index is 2.61. The number of rotatable bonds is 4. The summed E-state index contributed by atoms with van der Waals surface area (Å²) in [6.45, 7) is 5.77. The summed E-state index contributed by atoms with van der Waals surface area (Å²) in [6, 6.07) is 2.49. The Morgan fingerprint density at radius 1 is 1.62 bits per heavy atom. The molecule has 1 fully saturated rings. The molecule has 0 amide bonds. The van der Waals surface area contributed by atoms with Crippen LogP contribution in [0, 0.1) is 23.2 Å². The lowest BCUT2D eigenvalue weighted by Crippen LogP contribution is -2.33. The van der Waals surface area contributed by atoms with E-state index in [0.717, 1.165) is 19.5 Å². The van der Waals surface area contributed by atoms with Gasteiger partial charge in [-0.2, -0.15) is 5.26 Å². The first-order chi connectivity index (χ1) is 7.63. The Labute approximate surface area is 97.2 Å². The number of nitriles is 1. The van der Waals surface area contributed by atoms with Crippen molar-refractivity contribution in [3.05, 3.63) is 0 Å². The maximum absolute atomic E-state index is 11.5. The highest BCUT2D eigenvalue weighted by atomic mass is 16.5. The number of ether oxygens (including phenoxy) is 1. The molecule has 3 atom stereocenters. The van der Waals surface area contributed by atoms with Crippen LogP contribution in [0.3, 0.4) is 0 Å². The zero-order chi connectivity index (χ0) is 12.1. The Kier molecular flexibility index (Phi) is 4.75. The molecule has 1 heterocycles. The summed E-state index contributed by atoms with van der Waals surface area (Å²) >= 11 is 0. The van der Waals surface area contributed by atoms with Crippen molar-refractivity contribution in [3.8, 4) is 6.07 Å². The smallest absolute Gasteiger partial charge is 0.310 e. The second-order valence-electron chi connectivity index (χ2n) is 4.49. The minimum Gasteiger partial charge on any atom is -0.469 e. The quantitative estimate of drug-likeness (QED) is 0.678. The molecule has 0 aromatic rings. The highest BCUT2D eigenvalue weighted by molar-refractivity contribution is 5.73. The summed E-state index contributed by atoms with van der Waals surface area (Å²) in [7, 11) is 1.43. The summed E-state index contributed by atoms with van der Waals surface area (Å²) in [6.07, 6.45) is 1.49. The lowest BCUT2D eigenvalue weighted by Gasteiger charge is -2.24. The number of likely N-dealkylation sites (tertiary alicyclic amines) is 1. The molecule has 16 heavy (non-hydrogen) atoms. The second-order valence-corrected chi connectivity index (χ2v) is 4.49. The number of carbonyl (C=O) groups excluding carboxylic acids is 1. The predicted octanol–water partition coefficient (Wildman–Crippen LogP) is 1.42. The fourth-order valence-electron chi connectivity index (χ4n) is 2.40. The standard InChI is InChI=1S/C12H20N2O2/c1-4-10(5-6-13)14-7-9(2)11(8-14)12(15)16-3/h9-11H,4-5,7-8H2,1-3H3. The van der Waals surface area contributed by atoms with Gasteiger partial charge in [-0.15, -0.1) is 0 Å². The van der Waals surface area contributed by atoms with Gasteiger partial charge in [0.1, 0.15) is 0 Å². The molecule has 1 aliphatic heterocycles. The molecule has 0 bridgehead atoms. The highest BCUT2D eigenvalue weighted by Gasteiger charge is 2.37. The van der Waals surface area contributed by atoms with Crippen LogP contribution < -0.4 is 0 Å². The average molecular weight is 224 g/mol. The zero-order valence-electron chi connectivity index (χ0n) is 10.3. The van der Waals surface area contributed by atoms with Crippen LogP contribution in [0.15, 0.2) is 0 Å². The summed E-state index contributed by atoms with van der Waals surface area (Å²) in [4.78, 5) is 13.8. The molecule has 1 aliphatic rings. The summed E-state index contributed by atoms with van der Waals surface area (Å²) < 4.78 is 4.80. The highest BCUT2D eigenvalue weighted by Crippen LogP contribution is 2.27. The van der Waals surface area contributed by atoms with E-state index in [1.165, 1.54) is 7.11 Å². The van der Waals surface area contributed by atoms with E-state index in [0.29, 0.717) is 12.3 Å². The van der Waals surface area contributed by atoms with E-state index >= 15 is 0 Å². The largest absolute Gasteiger partial charge is 0.469 e. The van der Waals surface area contributed by atoms with Gasteiger partial charge in [-0.3, -0.25) is 9.69 Å². The van der Waals surface area contributed by atoms with Crippen molar-refractivity contribution in [1.82, 2.24) is 4.90 Å². The molecule has 0 aromatic carbocycles. The van der Waals surface area contributed by atoms with Crippen molar-refractivity contribution in [2.75, 3.05) is 20.2 Å². The molecule has 1 rings (SSSR count). The van der Waals surface area contributed by atoms with Gasteiger partial charge in [0.25, 0.3) is 0 Å². The fraction of sp³-hybridized carbons (Fsp3) is 0.833. The van der Waals surface area contributed by atoms with Gasteiger partial charge >= 0.3 is 5.97 Å². The molecular weight excluding hydrogens is 204 g/mol. The van der Waals surface area contributed by atoms with Crippen LogP contribution in [0.4, 0.5) is 0 Å². The molecule has 0 aromatic heterocycles. The number of hydrogen-bond acceptors (Lipinski definition) is 4. The van der Waals surface area contributed by atoms with Crippen LogP contribution in [0.2, 0.25) is 0 Å². The van der Waals surface area contributed by atoms with Crippen molar-refractivity contribution in [2.45, 2.75) is 32.7 Å². The van der Waals surface area contributed by atoms with Crippen LogP contribution >= 0.6 is 0 Å². The van der Waals surface area contributed by atoms with E-state index < -0.39 is 0 Å². The van der Waals surface area contributed by atoms with Gasteiger partial charge < -0.3 is 4.74 Å². The lowest BCUT2D eigenvalue weighted by atomic mass is 9.99. The molecule has 0 saturated carbocycles. The third-order valence-electron chi connectivity index (χ3n) is 3.46. The van der Waals surface area contributed by atoms with Gasteiger partial charge in [0, 0.05) is 19.1 Å². The SMILES string of the molecule is CCC(CC#N)N1CC(C)C(C(=O)OC)C1. The molecule has 0 spiro atoms. The van der Waals surface area contributed by atoms with E-state index in [1.54, 1.807) is 0 Å². The first-order valence-corrected chi connectivity index (χ1v) is 5.82. The molecular formula is C12H20N2O2. The monoisotopic (exact) mass is 224 g/mol. The molecule has 90 valence electrons. The summed E-state index contributed by atoms with van der Waals surface area (Å²) in [5.74, 6) is 0.166. The van der Waals surface area contributed by atoms with Crippen LogP contribution in [0.1, 0.15) is 26.7 Å². The van der Waals surface area contributed by atoms with Crippen molar-refractivity contribution >= 4 is 5.97 Å². The lowest BCUT2D eigenvalue weighted by molar-refractivity contribution is -0.146. The zero-order valence-corrected chi connectivity index (χ0v) is 10.3. The van der Waals surface area contributed by atoms with Gasteiger partial charge in [-0.05, 0) is 12.3 Å². The average Bonchev–Trinajstić information content (AvgIpc) is 2.67. The van der Waals surface area contributed by atoms with Crippen LogP contribution in [-0.2, 0) is 9.53 Å². The van der Waals surface area contributed by atoms with Crippen molar-refractivity contribution in [1.29, 1.82) is 5.26 Å². The van der Waals surface area contributed by atoms with Gasteiger partial charge in [0.2, 0.25) is 0 Å². The van der Waals surface area contributed by atoms with E-state index in [-0.39, 0.29) is 17.9 Å². The number of methoxy groups -OCH3 is 1. The van der Waals surface area contributed by atoms with Crippen LogP contribution in [0.5, 0.6) is 0 Å². The van der Waals surface area contributed by atoms with Crippen LogP contribution in [0.25, 0.3) is 0 Å². The third-order valence-corrected chi connectivity index (χ3v) is 3.46. The Hall–Kier alpha value is -1.08. The fourth-order valence-corrected chi connectivity index (χ4v) is 2.40. The molecule has 1 saturated heterocycles. The van der Waals surface area contributed by atoms with E-state index in [1.807, 2.05) is 0 Å². The van der Waals surface area contributed by atoms with E-state index in [9.17, 15) is 4.79 Å². The van der Waals surface area contributed by atoms with Crippen molar-refractivity contribution in [2.24, 2.45) is 11.8 Å². The first kappa shape index (κ1) is 13.0. The molecule has 4 nitrogen and oxygen atoms in total. The second kappa shape index (κ2) is 5.86. The number of esters is 1. The summed E-state index contributed by atoms with van der Waals surface area (Å²) in [5.41, 5.74) is 0. The maximum Gasteiger partial charge on any atom is 0.310 e. The summed E-state index contributed by atoms with van der Waals surface area (Å²) in [5, 5.41) is 8.75.